The molecule has 0 saturated heterocycles. The van der Waals surface area contributed by atoms with Crippen LogP contribution in [0.4, 0.5) is 0 Å². The summed E-state index contributed by atoms with van der Waals surface area (Å²) in [7, 11) is 0. The second-order valence-electron chi connectivity index (χ2n) is 4.96. The third-order valence-corrected chi connectivity index (χ3v) is 2.89. The fraction of sp³-hybridized carbons (Fsp3) is 0.500. The zero-order valence-corrected chi connectivity index (χ0v) is 11.6. The van der Waals surface area contributed by atoms with Gasteiger partial charge in [-0.2, -0.15) is 0 Å². The number of aryl methyl sites for hydroxylation is 1. The van der Waals surface area contributed by atoms with E-state index < -0.39 is 0 Å². The normalized spacial score (nSPS) is 12.2. The monoisotopic (exact) mass is 231 g/mol. The van der Waals surface area contributed by atoms with Crippen molar-refractivity contribution in [3.05, 3.63) is 41.0 Å². The van der Waals surface area contributed by atoms with Crippen LogP contribution in [0.3, 0.4) is 0 Å². The number of benzene rings is 1. The standard InChI is InChI=1S/C16H25N/c1-5-9-17-12-16(13(2)3)11-15-8-6-7-14(4)10-15/h6-8,10-11,13,17H,5,9,12H2,1-4H3. The predicted octanol–water partition coefficient (Wildman–Crippen LogP) is 4.03. The van der Waals surface area contributed by atoms with Crippen LogP contribution in [-0.4, -0.2) is 13.1 Å². The van der Waals surface area contributed by atoms with E-state index in [4.69, 9.17) is 0 Å². The zero-order valence-electron chi connectivity index (χ0n) is 11.6. The van der Waals surface area contributed by atoms with Crippen LogP contribution in [0.15, 0.2) is 29.8 Å². The molecule has 1 rings (SSSR count). The van der Waals surface area contributed by atoms with E-state index in [2.05, 4.69) is 63.4 Å². The molecule has 0 aromatic heterocycles. The third kappa shape index (κ3) is 5.18. The Morgan fingerprint density at radius 2 is 2.12 bits per heavy atom. The lowest BCUT2D eigenvalue weighted by atomic mass is 9.99. The van der Waals surface area contributed by atoms with E-state index in [1.165, 1.54) is 23.1 Å². The Labute approximate surface area is 106 Å². The minimum absolute atomic E-state index is 0.597. The van der Waals surface area contributed by atoms with Gasteiger partial charge in [-0.25, -0.2) is 0 Å². The molecule has 0 radical (unpaired) electrons. The zero-order chi connectivity index (χ0) is 12.7. The van der Waals surface area contributed by atoms with E-state index >= 15 is 0 Å². The molecule has 94 valence electrons. The van der Waals surface area contributed by atoms with Crippen molar-refractivity contribution in [1.29, 1.82) is 0 Å². The molecule has 0 aliphatic rings. The Balaban J connectivity index is 2.75. The van der Waals surface area contributed by atoms with E-state index in [1.54, 1.807) is 0 Å². The first-order chi connectivity index (χ1) is 8.13. The first-order valence-electron chi connectivity index (χ1n) is 6.61. The Morgan fingerprint density at radius 1 is 1.35 bits per heavy atom. The van der Waals surface area contributed by atoms with Crippen molar-refractivity contribution >= 4 is 6.08 Å². The summed E-state index contributed by atoms with van der Waals surface area (Å²) in [5, 5.41) is 3.48. The Bertz CT molecular complexity index is 364. The summed E-state index contributed by atoms with van der Waals surface area (Å²) in [6.45, 7) is 11.0. The summed E-state index contributed by atoms with van der Waals surface area (Å²) in [5.74, 6) is 0.597. The lowest BCUT2D eigenvalue weighted by molar-refractivity contribution is 0.657. The largest absolute Gasteiger partial charge is 0.313 e. The molecular weight excluding hydrogens is 206 g/mol. The lowest BCUT2D eigenvalue weighted by Crippen LogP contribution is -2.19. The van der Waals surface area contributed by atoms with Gasteiger partial charge in [-0.1, -0.05) is 62.2 Å². The van der Waals surface area contributed by atoms with Gasteiger partial charge in [0.25, 0.3) is 0 Å². The molecule has 0 atom stereocenters. The fourth-order valence-electron chi connectivity index (χ4n) is 1.81. The maximum absolute atomic E-state index is 3.48. The van der Waals surface area contributed by atoms with E-state index in [0.29, 0.717) is 5.92 Å². The van der Waals surface area contributed by atoms with Crippen LogP contribution in [0.1, 0.15) is 38.3 Å². The second-order valence-corrected chi connectivity index (χ2v) is 4.96. The SMILES string of the molecule is CCCNCC(=Cc1cccc(C)c1)C(C)C. The van der Waals surface area contributed by atoms with Crippen LogP contribution in [0.25, 0.3) is 6.08 Å². The topological polar surface area (TPSA) is 12.0 Å². The average molecular weight is 231 g/mol. The van der Waals surface area contributed by atoms with Crippen molar-refractivity contribution in [3.63, 3.8) is 0 Å². The van der Waals surface area contributed by atoms with Crippen molar-refractivity contribution in [2.45, 2.75) is 34.1 Å². The first-order valence-corrected chi connectivity index (χ1v) is 6.61. The third-order valence-electron chi connectivity index (χ3n) is 2.89. The van der Waals surface area contributed by atoms with Crippen LogP contribution in [0, 0.1) is 12.8 Å². The van der Waals surface area contributed by atoms with Crippen molar-refractivity contribution in [2.75, 3.05) is 13.1 Å². The predicted molar refractivity (Wildman–Crippen MR) is 77.2 cm³/mol. The average Bonchev–Trinajstić information content (AvgIpc) is 2.28. The van der Waals surface area contributed by atoms with Gasteiger partial charge in [0.2, 0.25) is 0 Å². The lowest BCUT2D eigenvalue weighted by Gasteiger charge is -2.12. The van der Waals surface area contributed by atoms with Crippen molar-refractivity contribution in [2.24, 2.45) is 5.92 Å². The summed E-state index contributed by atoms with van der Waals surface area (Å²) in [6.07, 6.45) is 3.51. The van der Waals surface area contributed by atoms with Crippen molar-refractivity contribution in [1.82, 2.24) is 5.32 Å². The molecule has 0 spiro atoms. The van der Waals surface area contributed by atoms with Gasteiger partial charge in [0.15, 0.2) is 0 Å². The molecule has 0 unspecified atom stereocenters. The molecule has 0 aliphatic heterocycles. The number of hydrogen-bond acceptors (Lipinski definition) is 1. The Morgan fingerprint density at radius 3 is 2.71 bits per heavy atom. The summed E-state index contributed by atoms with van der Waals surface area (Å²) in [6, 6.07) is 8.68. The Kier molecular flexibility index (Phi) is 5.99. The van der Waals surface area contributed by atoms with E-state index in [0.717, 1.165) is 13.1 Å². The number of hydrogen-bond donors (Lipinski definition) is 1. The van der Waals surface area contributed by atoms with Gasteiger partial charge in [0.1, 0.15) is 0 Å². The first kappa shape index (κ1) is 14.0. The molecule has 1 aromatic rings. The van der Waals surface area contributed by atoms with Gasteiger partial charge in [-0.3, -0.25) is 0 Å². The maximum Gasteiger partial charge on any atom is 0.0170 e. The van der Waals surface area contributed by atoms with Gasteiger partial charge >= 0.3 is 0 Å². The highest BCUT2D eigenvalue weighted by atomic mass is 14.8. The number of nitrogens with one attached hydrogen (secondary N) is 1. The highest BCUT2D eigenvalue weighted by molar-refractivity contribution is 5.54. The minimum atomic E-state index is 0.597. The molecule has 1 N–H and O–H groups in total. The molecule has 17 heavy (non-hydrogen) atoms. The van der Waals surface area contributed by atoms with Gasteiger partial charge < -0.3 is 5.32 Å². The molecular formula is C16H25N. The minimum Gasteiger partial charge on any atom is -0.313 e. The van der Waals surface area contributed by atoms with E-state index in [-0.39, 0.29) is 0 Å². The van der Waals surface area contributed by atoms with Crippen molar-refractivity contribution < 1.29 is 0 Å². The molecule has 0 bridgehead atoms. The van der Waals surface area contributed by atoms with Gasteiger partial charge in [-0.15, -0.1) is 0 Å². The van der Waals surface area contributed by atoms with E-state index in [1.807, 2.05) is 0 Å². The second kappa shape index (κ2) is 7.29. The highest BCUT2D eigenvalue weighted by Gasteiger charge is 2.03. The van der Waals surface area contributed by atoms with Crippen LogP contribution >= 0.6 is 0 Å². The molecule has 0 aliphatic carbocycles. The molecule has 0 heterocycles. The summed E-state index contributed by atoms with van der Waals surface area (Å²) < 4.78 is 0. The number of rotatable bonds is 6. The molecule has 0 saturated carbocycles. The quantitative estimate of drug-likeness (QED) is 0.729. The van der Waals surface area contributed by atoms with Crippen LogP contribution in [0.2, 0.25) is 0 Å². The summed E-state index contributed by atoms with van der Waals surface area (Å²) in [5.41, 5.74) is 4.11. The van der Waals surface area contributed by atoms with Crippen molar-refractivity contribution in [3.8, 4) is 0 Å². The highest BCUT2D eigenvalue weighted by Crippen LogP contribution is 2.15. The molecule has 1 aromatic carbocycles. The van der Waals surface area contributed by atoms with E-state index in [9.17, 15) is 0 Å². The summed E-state index contributed by atoms with van der Waals surface area (Å²) >= 11 is 0. The molecule has 0 fully saturated rings. The van der Waals surface area contributed by atoms with Crippen LogP contribution < -0.4 is 5.32 Å². The van der Waals surface area contributed by atoms with Gasteiger partial charge in [0, 0.05) is 6.54 Å². The smallest absolute Gasteiger partial charge is 0.0170 e. The van der Waals surface area contributed by atoms with Gasteiger partial charge in [0.05, 0.1) is 0 Å². The maximum atomic E-state index is 3.48. The van der Waals surface area contributed by atoms with Gasteiger partial charge in [-0.05, 0) is 31.4 Å². The fourth-order valence-corrected chi connectivity index (χ4v) is 1.81. The molecule has 1 heteroatoms. The molecule has 0 amide bonds. The molecule has 1 nitrogen and oxygen atoms in total. The Hall–Kier alpha value is -1.08. The summed E-state index contributed by atoms with van der Waals surface area (Å²) in [4.78, 5) is 0. The van der Waals surface area contributed by atoms with Crippen LogP contribution in [-0.2, 0) is 0 Å². The van der Waals surface area contributed by atoms with Crippen LogP contribution in [0.5, 0.6) is 0 Å².